The molecule has 0 aliphatic carbocycles. The van der Waals surface area contributed by atoms with Crippen LogP contribution in [-0.2, 0) is 4.79 Å². The van der Waals surface area contributed by atoms with E-state index in [-0.39, 0.29) is 11.9 Å². The molecule has 2 atom stereocenters. The highest BCUT2D eigenvalue weighted by molar-refractivity contribution is 6.06. The largest absolute Gasteiger partial charge is 0.328 e. The smallest absolute Gasteiger partial charge is 0.310 e. The topological polar surface area (TPSA) is 59.5 Å². The number of benzene rings is 1. The number of imide groups is 1. The van der Waals surface area contributed by atoms with Crippen LogP contribution in [0.1, 0.15) is 44.6 Å². The predicted octanol–water partition coefficient (Wildman–Crippen LogP) is 3.16. The molecule has 29 heavy (non-hydrogen) atoms. The molecule has 3 aliphatic rings. The molecule has 2 unspecified atom stereocenters. The normalized spacial score (nSPS) is 23.4. The van der Waals surface area contributed by atoms with E-state index >= 15 is 0 Å². The molecular formula is C22H29N5O2. The number of hydrogen-bond donors (Lipinski definition) is 0. The second-order valence-corrected chi connectivity index (χ2v) is 7.93. The number of urea groups is 1. The zero-order chi connectivity index (χ0) is 20.5. The number of aliphatic imine (C=N–C) groups is 1. The van der Waals surface area contributed by atoms with Gasteiger partial charge in [-0.05, 0) is 12.0 Å². The molecule has 0 aromatic heterocycles. The van der Waals surface area contributed by atoms with E-state index in [1.54, 1.807) is 19.0 Å². The number of carbonyl (C=O) groups is 2. The van der Waals surface area contributed by atoms with Crippen molar-refractivity contribution in [3.8, 4) is 0 Å². The number of carbonyl (C=O) groups excluding carboxylic acids is 2. The third-order valence-corrected chi connectivity index (χ3v) is 5.98. The lowest BCUT2D eigenvalue weighted by molar-refractivity contribution is -0.135. The minimum Gasteiger partial charge on any atom is -0.310 e. The quantitative estimate of drug-likeness (QED) is 0.666. The van der Waals surface area contributed by atoms with Gasteiger partial charge in [0.1, 0.15) is 0 Å². The molecule has 1 fully saturated rings. The second-order valence-electron chi connectivity index (χ2n) is 7.93. The van der Waals surface area contributed by atoms with Crippen molar-refractivity contribution < 1.29 is 9.59 Å². The summed E-state index contributed by atoms with van der Waals surface area (Å²) in [6.07, 6.45) is 7.50. The van der Waals surface area contributed by atoms with Gasteiger partial charge in [0.15, 0.2) is 12.2 Å². The minimum atomic E-state index is -0.499. The SMILES string of the molecule is CCCCCCCN1C(c2ccccc2)=CN2C1=NC1C2C(=O)N(C)C(=O)N1C. The fraction of sp³-hybridized carbons (Fsp3) is 0.500. The summed E-state index contributed by atoms with van der Waals surface area (Å²) in [6.45, 7) is 3.07. The molecule has 154 valence electrons. The Morgan fingerprint density at radius 3 is 2.45 bits per heavy atom. The summed E-state index contributed by atoms with van der Waals surface area (Å²) in [5.41, 5.74) is 2.17. The summed E-state index contributed by atoms with van der Waals surface area (Å²) in [5, 5.41) is 0. The Bertz CT molecular complexity index is 850. The average molecular weight is 396 g/mol. The van der Waals surface area contributed by atoms with E-state index in [1.165, 1.54) is 30.6 Å². The van der Waals surface area contributed by atoms with Gasteiger partial charge in [-0.25, -0.2) is 9.79 Å². The number of hydrogen-bond acceptors (Lipinski definition) is 5. The molecule has 0 spiro atoms. The molecule has 1 saturated heterocycles. The van der Waals surface area contributed by atoms with Crippen LogP contribution in [0.15, 0.2) is 41.5 Å². The van der Waals surface area contributed by atoms with Gasteiger partial charge in [0.05, 0.1) is 5.70 Å². The summed E-state index contributed by atoms with van der Waals surface area (Å²) < 4.78 is 0. The average Bonchev–Trinajstić information content (AvgIpc) is 3.28. The maximum absolute atomic E-state index is 12.9. The van der Waals surface area contributed by atoms with Gasteiger partial charge in [-0.15, -0.1) is 0 Å². The van der Waals surface area contributed by atoms with E-state index in [9.17, 15) is 9.59 Å². The van der Waals surface area contributed by atoms with Crippen LogP contribution in [0.5, 0.6) is 0 Å². The molecule has 3 aliphatic heterocycles. The van der Waals surface area contributed by atoms with Gasteiger partial charge in [0, 0.05) is 26.8 Å². The van der Waals surface area contributed by atoms with Crippen molar-refractivity contribution in [2.24, 2.45) is 4.99 Å². The lowest BCUT2D eigenvalue weighted by Gasteiger charge is -2.38. The fourth-order valence-corrected chi connectivity index (χ4v) is 4.30. The Balaban J connectivity index is 1.63. The zero-order valence-corrected chi connectivity index (χ0v) is 17.4. The number of nitrogens with zero attached hydrogens (tertiary/aromatic N) is 5. The first kappa shape index (κ1) is 19.5. The molecule has 0 bridgehead atoms. The summed E-state index contributed by atoms with van der Waals surface area (Å²) in [5.74, 6) is 0.572. The van der Waals surface area contributed by atoms with Crippen molar-refractivity contribution in [2.45, 2.75) is 51.2 Å². The van der Waals surface area contributed by atoms with Crippen molar-refractivity contribution in [3.05, 3.63) is 42.1 Å². The number of unbranched alkanes of at least 4 members (excludes halogenated alkanes) is 4. The van der Waals surface area contributed by atoms with E-state index in [4.69, 9.17) is 4.99 Å². The molecular weight excluding hydrogens is 366 g/mol. The van der Waals surface area contributed by atoms with Crippen LogP contribution in [0.4, 0.5) is 4.79 Å². The summed E-state index contributed by atoms with van der Waals surface area (Å²) >= 11 is 0. The van der Waals surface area contributed by atoms with Crippen molar-refractivity contribution >= 4 is 23.6 Å². The lowest BCUT2D eigenvalue weighted by atomic mass is 10.1. The third kappa shape index (κ3) is 3.28. The second kappa shape index (κ2) is 7.89. The maximum Gasteiger partial charge on any atom is 0.328 e. The summed E-state index contributed by atoms with van der Waals surface area (Å²) in [6, 6.07) is 9.41. The molecule has 7 heteroatoms. The van der Waals surface area contributed by atoms with Crippen LogP contribution < -0.4 is 0 Å². The number of amides is 3. The molecule has 1 aromatic carbocycles. The third-order valence-electron chi connectivity index (χ3n) is 5.98. The Labute approximate surface area is 172 Å². The van der Waals surface area contributed by atoms with Crippen molar-refractivity contribution in [1.29, 1.82) is 0 Å². The standard InChI is InChI=1S/C22H29N5O2/c1-4-5-6-7-11-14-26-17(16-12-9-8-10-13-16)15-27-18-19(23-21(26)27)24(2)22(29)25(3)20(18)28/h8-10,12-13,15,18-19H,4-7,11,14H2,1-3H3. The highest BCUT2D eigenvalue weighted by atomic mass is 16.2. The first-order valence-electron chi connectivity index (χ1n) is 10.5. The van der Waals surface area contributed by atoms with Gasteiger partial charge in [-0.1, -0.05) is 62.9 Å². The Morgan fingerprint density at radius 1 is 1.00 bits per heavy atom. The zero-order valence-electron chi connectivity index (χ0n) is 17.4. The number of guanidine groups is 1. The van der Waals surface area contributed by atoms with Crippen LogP contribution in [0.25, 0.3) is 5.70 Å². The van der Waals surface area contributed by atoms with E-state index < -0.39 is 12.2 Å². The van der Waals surface area contributed by atoms with Crippen LogP contribution in [0, 0.1) is 0 Å². The molecule has 3 heterocycles. The molecule has 0 N–H and O–H groups in total. The van der Waals surface area contributed by atoms with Gasteiger partial charge in [-0.2, -0.15) is 0 Å². The van der Waals surface area contributed by atoms with Gasteiger partial charge in [0.2, 0.25) is 5.96 Å². The molecule has 4 rings (SSSR count). The minimum absolute atomic E-state index is 0.203. The van der Waals surface area contributed by atoms with Gasteiger partial charge in [0.25, 0.3) is 5.91 Å². The van der Waals surface area contributed by atoms with E-state index in [2.05, 4.69) is 24.0 Å². The van der Waals surface area contributed by atoms with E-state index in [0.29, 0.717) is 0 Å². The summed E-state index contributed by atoms with van der Waals surface area (Å²) in [4.78, 5) is 37.0. The molecule has 0 saturated carbocycles. The molecule has 0 radical (unpaired) electrons. The molecule has 7 nitrogen and oxygen atoms in total. The van der Waals surface area contributed by atoms with E-state index in [0.717, 1.165) is 30.2 Å². The van der Waals surface area contributed by atoms with E-state index in [1.807, 2.05) is 29.3 Å². The fourth-order valence-electron chi connectivity index (χ4n) is 4.30. The van der Waals surface area contributed by atoms with Crippen molar-refractivity contribution in [1.82, 2.24) is 19.6 Å². The lowest BCUT2D eigenvalue weighted by Crippen LogP contribution is -2.63. The van der Waals surface area contributed by atoms with Gasteiger partial charge in [-0.3, -0.25) is 9.69 Å². The first-order valence-corrected chi connectivity index (χ1v) is 10.5. The Morgan fingerprint density at radius 2 is 1.72 bits per heavy atom. The van der Waals surface area contributed by atoms with Crippen LogP contribution >= 0.6 is 0 Å². The number of likely N-dealkylation sites (N-methyl/N-ethyl adjacent to an activating group) is 2. The maximum atomic E-state index is 12.9. The molecule has 1 aromatic rings. The monoisotopic (exact) mass is 395 g/mol. The van der Waals surface area contributed by atoms with Crippen molar-refractivity contribution in [2.75, 3.05) is 20.6 Å². The number of fused-ring (bicyclic) bond motifs is 3. The van der Waals surface area contributed by atoms with Crippen LogP contribution in [0.3, 0.4) is 0 Å². The summed E-state index contributed by atoms with van der Waals surface area (Å²) in [7, 11) is 3.25. The predicted molar refractivity (Wildman–Crippen MR) is 113 cm³/mol. The Kier molecular flexibility index (Phi) is 5.30. The molecule has 3 amide bonds. The van der Waals surface area contributed by atoms with Crippen LogP contribution in [0.2, 0.25) is 0 Å². The first-order chi connectivity index (χ1) is 14.0. The van der Waals surface area contributed by atoms with Gasteiger partial charge < -0.3 is 14.7 Å². The highest BCUT2D eigenvalue weighted by Gasteiger charge is 2.53. The van der Waals surface area contributed by atoms with Crippen LogP contribution in [-0.4, -0.2) is 70.3 Å². The van der Waals surface area contributed by atoms with Gasteiger partial charge >= 0.3 is 6.03 Å². The highest BCUT2D eigenvalue weighted by Crippen LogP contribution is 2.37. The number of rotatable bonds is 7. The van der Waals surface area contributed by atoms with Crippen molar-refractivity contribution in [3.63, 3.8) is 0 Å². The Hall–Kier alpha value is -2.83.